The van der Waals surface area contributed by atoms with Gasteiger partial charge in [-0.2, -0.15) is 4.99 Å². The summed E-state index contributed by atoms with van der Waals surface area (Å²) in [6, 6.07) is 12.4. The summed E-state index contributed by atoms with van der Waals surface area (Å²) in [6.45, 7) is 2.85. The van der Waals surface area contributed by atoms with Gasteiger partial charge in [-0.25, -0.2) is 0 Å². The Bertz CT molecular complexity index is 1050. The summed E-state index contributed by atoms with van der Waals surface area (Å²) >= 11 is 1.33. The predicted octanol–water partition coefficient (Wildman–Crippen LogP) is 3.24. The molecule has 0 bridgehead atoms. The number of amides is 1. The summed E-state index contributed by atoms with van der Waals surface area (Å²) in [5.74, 6) is -0.258. The molecule has 27 heavy (non-hydrogen) atoms. The summed E-state index contributed by atoms with van der Waals surface area (Å²) in [5, 5.41) is 11.1. The van der Waals surface area contributed by atoms with E-state index in [2.05, 4.69) is 4.99 Å². The van der Waals surface area contributed by atoms with E-state index < -0.39 is 4.92 Å². The molecule has 140 valence electrons. The highest BCUT2D eigenvalue weighted by Crippen LogP contribution is 2.23. The summed E-state index contributed by atoms with van der Waals surface area (Å²) in [7, 11) is 1.58. The van der Waals surface area contributed by atoms with Crippen molar-refractivity contribution in [1.82, 2.24) is 4.57 Å². The lowest BCUT2D eigenvalue weighted by Crippen LogP contribution is -2.19. The van der Waals surface area contributed by atoms with Crippen LogP contribution in [0.5, 0.6) is 0 Å². The molecule has 0 saturated carbocycles. The van der Waals surface area contributed by atoms with Crippen LogP contribution in [0.25, 0.3) is 10.2 Å². The van der Waals surface area contributed by atoms with Crippen LogP contribution >= 0.6 is 11.3 Å². The first-order valence-electron chi connectivity index (χ1n) is 8.38. The van der Waals surface area contributed by atoms with Gasteiger partial charge in [0.1, 0.15) is 0 Å². The number of non-ortho nitro benzene ring substituents is 1. The quantitative estimate of drug-likeness (QED) is 0.481. The van der Waals surface area contributed by atoms with Crippen molar-refractivity contribution in [2.24, 2.45) is 4.99 Å². The molecule has 2 aromatic carbocycles. The van der Waals surface area contributed by atoms with Gasteiger partial charge in [0.2, 0.25) is 0 Å². The van der Waals surface area contributed by atoms with Crippen LogP contribution in [0.1, 0.15) is 11.1 Å². The van der Waals surface area contributed by atoms with Crippen molar-refractivity contribution in [1.29, 1.82) is 0 Å². The van der Waals surface area contributed by atoms with Gasteiger partial charge in [-0.15, -0.1) is 0 Å². The maximum atomic E-state index is 12.4. The van der Waals surface area contributed by atoms with E-state index in [4.69, 9.17) is 4.74 Å². The monoisotopic (exact) mass is 385 g/mol. The molecule has 0 fully saturated rings. The van der Waals surface area contributed by atoms with E-state index in [1.54, 1.807) is 17.7 Å². The van der Waals surface area contributed by atoms with Crippen molar-refractivity contribution in [3.8, 4) is 0 Å². The van der Waals surface area contributed by atoms with Gasteiger partial charge in [-0.1, -0.05) is 41.2 Å². The van der Waals surface area contributed by atoms with Crippen LogP contribution in [0.2, 0.25) is 0 Å². The van der Waals surface area contributed by atoms with Gasteiger partial charge >= 0.3 is 0 Å². The Morgan fingerprint density at radius 1 is 1.26 bits per heavy atom. The fourth-order valence-corrected chi connectivity index (χ4v) is 3.74. The summed E-state index contributed by atoms with van der Waals surface area (Å²) in [5.41, 5.74) is 2.71. The van der Waals surface area contributed by atoms with Gasteiger partial charge in [0.25, 0.3) is 11.6 Å². The third kappa shape index (κ3) is 4.47. The van der Waals surface area contributed by atoms with Gasteiger partial charge in [-0.3, -0.25) is 14.9 Å². The molecule has 0 aliphatic carbocycles. The first-order valence-corrected chi connectivity index (χ1v) is 9.19. The summed E-state index contributed by atoms with van der Waals surface area (Å²) in [4.78, 5) is 27.8. The lowest BCUT2D eigenvalue weighted by Gasteiger charge is -2.04. The molecule has 1 amide bonds. The van der Waals surface area contributed by atoms with E-state index in [-0.39, 0.29) is 18.0 Å². The third-order valence-electron chi connectivity index (χ3n) is 4.09. The van der Waals surface area contributed by atoms with E-state index in [0.717, 1.165) is 15.8 Å². The number of nitrogens with zero attached hydrogens (tertiary/aromatic N) is 3. The van der Waals surface area contributed by atoms with Crippen molar-refractivity contribution in [3.63, 3.8) is 0 Å². The first kappa shape index (κ1) is 18.9. The molecule has 0 radical (unpaired) electrons. The molecule has 0 aliphatic heterocycles. The molecule has 0 spiro atoms. The number of rotatable bonds is 6. The fourth-order valence-electron chi connectivity index (χ4n) is 2.68. The molecular formula is C19H19N3O4S. The Morgan fingerprint density at radius 3 is 2.67 bits per heavy atom. The Morgan fingerprint density at radius 2 is 2.00 bits per heavy atom. The second-order valence-electron chi connectivity index (χ2n) is 6.11. The number of aryl methyl sites for hydroxylation is 1. The normalized spacial score (nSPS) is 11.9. The fraction of sp³-hybridized carbons (Fsp3) is 0.263. The van der Waals surface area contributed by atoms with Gasteiger partial charge in [-0.05, 0) is 18.6 Å². The second kappa shape index (κ2) is 8.24. The van der Waals surface area contributed by atoms with Gasteiger partial charge < -0.3 is 9.30 Å². The number of nitro groups is 1. The molecule has 8 heteroatoms. The van der Waals surface area contributed by atoms with Gasteiger partial charge in [0, 0.05) is 25.8 Å². The van der Waals surface area contributed by atoms with Gasteiger partial charge in [0.05, 0.1) is 28.2 Å². The van der Waals surface area contributed by atoms with E-state index in [1.165, 1.54) is 23.5 Å². The number of fused-ring (bicyclic) bond motifs is 1. The predicted molar refractivity (Wildman–Crippen MR) is 104 cm³/mol. The lowest BCUT2D eigenvalue weighted by atomic mass is 10.1. The van der Waals surface area contributed by atoms with Crippen LogP contribution in [0.3, 0.4) is 0 Å². The number of methoxy groups -OCH3 is 1. The van der Waals surface area contributed by atoms with Crippen LogP contribution < -0.4 is 4.80 Å². The molecule has 7 nitrogen and oxygen atoms in total. The van der Waals surface area contributed by atoms with Crippen molar-refractivity contribution in [3.05, 3.63) is 68.5 Å². The number of hydrogen-bond acceptors (Lipinski definition) is 5. The van der Waals surface area contributed by atoms with Crippen molar-refractivity contribution < 1.29 is 14.5 Å². The molecule has 1 heterocycles. The average Bonchev–Trinajstić information content (AvgIpc) is 2.97. The zero-order chi connectivity index (χ0) is 19.4. The highest BCUT2D eigenvalue weighted by atomic mass is 32.1. The molecule has 0 aliphatic rings. The molecule has 1 aromatic heterocycles. The van der Waals surface area contributed by atoms with Crippen molar-refractivity contribution in [2.75, 3.05) is 13.7 Å². The average molecular weight is 385 g/mol. The Hall–Kier alpha value is -2.84. The molecule has 0 atom stereocenters. The minimum atomic E-state index is -0.433. The van der Waals surface area contributed by atoms with Crippen LogP contribution in [-0.2, 0) is 22.5 Å². The number of aromatic nitrogens is 1. The molecule has 0 unspecified atom stereocenters. The van der Waals surface area contributed by atoms with E-state index in [9.17, 15) is 14.9 Å². The maximum absolute atomic E-state index is 12.4. The summed E-state index contributed by atoms with van der Waals surface area (Å²) < 4.78 is 7.76. The Labute approximate surface area is 159 Å². The number of benzene rings is 2. The van der Waals surface area contributed by atoms with E-state index >= 15 is 0 Å². The number of carbonyl (C=O) groups excluding carboxylic acids is 1. The topological polar surface area (TPSA) is 86.7 Å². The van der Waals surface area contributed by atoms with E-state index in [1.807, 2.05) is 31.2 Å². The molecule has 3 rings (SSSR count). The highest BCUT2D eigenvalue weighted by molar-refractivity contribution is 7.16. The minimum Gasteiger partial charge on any atom is -0.383 e. The minimum absolute atomic E-state index is 0.00370. The zero-order valence-corrected chi connectivity index (χ0v) is 15.9. The smallest absolute Gasteiger partial charge is 0.271 e. The largest absolute Gasteiger partial charge is 0.383 e. The number of carbonyl (C=O) groups is 1. The molecule has 3 aromatic rings. The number of thiazole rings is 1. The number of ether oxygens (including phenoxy) is 1. The summed E-state index contributed by atoms with van der Waals surface area (Å²) in [6.07, 6.45) is 0.207. The zero-order valence-electron chi connectivity index (χ0n) is 15.0. The third-order valence-corrected chi connectivity index (χ3v) is 5.15. The molecule has 0 N–H and O–H groups in total. The van der Waals surface area contributed by atoms with Crippen LogP contribution in [0.4, 0.5) is 5.69 Å². The van der Waals surface area contributed by atoms with Crippen LogP contribution in [0.15, 0.2) is 47.5 Å². The van der Waals surface area contributed by atoms with Crippen molar-refractivity contribution in [2.45, 2.75) is 19.9 Å². The Balaban J connectivity index is 2.00. The highest BCUT2D eigenvalue weighted by Gasteiger charge is 2.13. The first-order chi connectivity index (χ1) is 13.0. The lowest BCUT2D eigenvalue weighted by molar-refractivity contribution is -0.384. The second-order valence-corrected chi connectivity index (χ2v) is 7.12. The van der Waals surface area contributed by atoms with Crippen LogP contribution in [0, 0.1) is 17.0 Å². The van der Waals surface area contributed by atoms with E-state index in [0.29, 0.717) is 23.5 Å². The Kier molecular flexibility index (Phi) is 5.78. The molecular weight excluding hydrogens is 366 g/mol. The maximum Gasteiger partial charge on any atom is 0.271 e. The van der Waals surface area contributed by atoms with Crippen molar-refractivity contribution >= 4 is 33.1 Å². The standard InChI is InChI=1S/C19H19N3O4S/c1-13-3-5-14(6-4-13)11-18(23)20-19-21(9-10-26-2)16-12-15(22(24)25)7-8-17(16)27-19/h3-8,12H,9-11H2,1-2H3. The number of hydrogen-bond donors (Lipinski definition) is 0. The molecule has 0 saturated heterocycles. The van der Waals surface area contributed by atoms with Gasteiger partial charge in [0.15, 0.2) is 4.80 Å². The van der Waals surface area contributed by atoms with Crippen LogP contribution in [-0.4, -0.2) is 29.1 Å². The SMILES string of the molecule is COCCn1c(=NC(=O)Cc2ccc(C)cc2)sc2ccc([N+](=O)[O-])cc21. The number of nitro benzene ring substituents is 1.